The maximum atomic E-state index is 3.35. The van der Waals surface area contributed by atoms with Crippen molar-refractivity contribution in [2.75, 3.05) is 0 Å². The highest BCUT2D eigenvalue weighted by Gasteiger charge is 2.28. The summed E-state index contributed by atoms with van der Waals surface area (Å²) in [5.74, 6) is 0. The summed E-state index contributed by atoms with van der Waals surface area (Å²) in [5, 5.41) is 0. The second-order valence-corrected chi connectivity index (χ2v) is 11.8. The molecule has 1 aliphatic carbocycles. The Hall–Kier alpha value is -1.24. The van der Waals surface area contributed by atoms with Gasteiger partial charge in [0, 0.05) is 17.3 Å². The van der Waals surface area contributed by atoms with E-state index in [9.17, 15) is 0 Å². The van der Waals surface area contributed by atoms with Crippen LogP contribution < -0.4 is 0 Å². The smallest absolute Gasteiger partial charge is 0.0239 e. The van der Waals surface area contributed by atoms with Gasteiger partial charge in [-0.2, -0.15) is 0 Å². The third-order valence-electron chi connectivity index (χ3n) is 4.95. The first-order chi connectivity index (χ1) is 11.5. The standard InChI is InChI=1S/C13H22.C12H21N/c1-12(2,3)10-8-7-9-11(10)13(4,5)6;1-11(2,3)9-7-8-13-10(9)12(4,5)6/h7-8H,9H2,1-6H3;7-8,13H,1-6H3. The quantitative estimate of drug-likeness (QED) is 0.485. The van der Waals surface area contributed by atoms with Crippen molar-refractivity contribution in [1.82, 2.24) is 4.98 Å². The lowest BCUT2D eigenvalue weighted by Gasteiger charge is -2.29. The molecule has 148 valence electrons. The van der Waals surface area contributed by atoms with Gasteiger partial charge in [0.25, 0.3) is 0 Å². The van der Waals surface area contributed by atoms with Crippen LogP contribution in [0.15, 0.2) is 35.6 Å². The molecule has 0 radical (unpaired) electrons. The highest BCUT2D eigenvalue weighted by molar-refractivity contribution is 5.40. The molecule has 0 spiro atoms. The Morgan fingerprint density at radius 2 is 1.23 bits per heavy atom. The number of H-pyrrole nitrogens is 1. The molecule has 0 unspecified atom stereocenters. The fourth-order valence-electron chi connectivity index (χ4n) is 3.53. The van der Waals surface area contributed by atoms with Gasteiger partial charge in [-0.3, -0.25) is 0 Å². The molecule has 0 bridgehead atoms. The SMILES string of the molecule is CC(C)(C)C1=C(C(C)(C)C)CC=C1.CC(C)(C)c1cc[nH]c1C(C)(C)C. The van der Waals surface area contributed by atoms with Crippen molar-refractivity contribution in [3.05, 3.63) is 46.8 Å². The highest BCUT2D eigenvalue weighted by atomic mass is 14.7. The molecule has 1 N–H and O–H groups in total. The van der Waals surface area contributed by atoms with Gasteiger partial charge in [0.05, 0.1) is 0 Å². The van der Waals surface area contributed by atoms with Crippen molar-refractivity contribution in [3.8, 4) is 0 Å². The van der Waals surface area contributed by atoms with Crippen LogP contribution in [-0.2, 0) is 10.8 Å². The molecular formula is C25H43N. The summed E-state index contributed by atoms with van der Waals surface area (Å²) in [4.78, 5) is 3.35. The van der Waals surface area contributed by atoms with Crippen LogP contribution in [0.1, 0.15) is 101 Å². The Bertz CT molecular complexity index is 624. The average Bonchev–Trinajstić information content (AvgIpc) is 3.06. The number of hydrogen-bond acceptors (Lipinski definition) is 0. The lowest BCUT2D eigenvalue weighted by atomic mass is 9.76. The van der Waals surface area contributed by atoms with Crippen molar-refractivity contribution in [2.45, 2.75) is 100 Å². The van der Waals surface area contributed by atoms with Crippen LogP contribution in [-0.4, -0.2) is 4.98 Å². The zero-order valence-electron chi connectivity index (χ0n) is 19.5. The molecule has 1 aromatic rings. The summed E-state index contributed by atoms with van der Waals surface area (Å²) in [5.41, 5.74) is 7.02. The molecule has 0 fully saturated rings. The number of nitrogens with one attached hydrogen (secondary N) is 1. The summed E-state index contributed by atoms with van der Waals surface area (Å²) >= 11 is 0. The number of aromatic nitrogens is 1. The third-order valence-corrected chi connectivity index (χ3v) is 4.95. The van der Waals surface area contributed by atoms with Gasteiger partial charge in [0.15, 0.2) is 0 Å². The van der Waals surface area contributed by atoms with E-state index in [1.165, 1.54) is 11.3 Å². The minimum atomic E-state index is 0.214. The van der Waals surface area contributed by atoms with E-state index in [1.807, 2.05) is 6.20 Å². The largest absolute Gasteiger partial charge is 0.364 e. The molecule has 1 aromatic heterocycles. The minimum Gasteiger partial charge on any atom is -0.364 e. The van der Waals surface area contributed by atoms with Crippen LogP contribution in [0.25, 0.3) is 0 Å². The molecule has 0 saturated heterocycles. The van der Waals surface area contributed by atoms with E-state index < -0.39 is 0 Å². The monoisotopic (exact) mass is 357 g/mol. The molecule has 0 aromatic carbocycles. The maximum Gasteiger partial charge on any atom is 0.0239 e. The van der Waals surface area contributed by atoms with E-state index in [0.29, 0.717) is 10.8 Å². The lowest BCUT2D eigenvalue weighted by Crippen LogP contribution is -2.20. The first kappa shape index (κ1) is 22.8. The van der Waals surface area contributed by atoms with Crippen molar-refractivity contribution in [2.24, 2.45) is 10.8 Å². The number of rotatable bonds is 0. The van der Waals surface area contributed by atoms with Gasteiger partial charge in [0.1, 0.15) is 0 Å². The van der Waals surface area contributed by atoms with E-state index in [-0.39, 0.29) is 10.8 Å². The second-order valence-electron chi connectivity index (χ2n) is 11.8. The van der Waals surface area contributed by atoms with Crippen LogP contribution in [0, 0.1) is 10.8 Å². The zero-order chi connectivity index (χ0) is 20.6. The van der Waals surface area contributed by atoms with Crippen LogP contribution in [0.3, 0.4) is 0 Å². The number of allylic oxidation sites excluding steroid dienone is 4. The maximum absolute atomic E-state index is 3.35. The van der Waals surface area contributed by atoms with Crippen molar-refractivity contribution >= 4 is 0 Å². The van der Waals surface area contributed by atoms with Gasteiger partial charge < -0.3 is 4.98 Å². The Labute approximate surface area is 163 Å². The summed E-state index contributed by atoms with van der Waals surface area (Å²) < 4.78 is 0. The van der Waals surface area contributed by atoms with E-state index in [2.05, 4.69) is 106 Å². The van der Waals surface area contributed by atoms with Gasteiger partial charge >= 0.3 is 0 Å². The fraction of sp³-hybridized carbons (Fsp3) is 0.680. The highest BCUT2D eigenvalue weighted by Crippen LogP contribution is 2.42. The molecular weight excluding hydrogens is 314 g/mol. The molecule has 0 saturated carbocycles. The Morgan fingerprint density at radius 1 is 0.692 bits per heavy atom. The van der Waals surface area contributed by atoms with E-state index >= 15 is 0 Å². The molecule has 0 amide bonds. The molecule has 2 rings (SSSR count). The van der Waals surface area contributed by atoms with E-state index in [4.69, 9.17) is 0 Å². The van der Waals surface area contributed by atoms with E-state index in [1.54, 1.807) is 11.1 Å². The molecule has 0 aliphatic heterocycles. The molecule has 0 atom stereocenters. The Morgan fingerprint density at radius 3 is 1.54 bits per heavy atom. The van der Waals surface area contributed by atoms with Gasteiger partial charge in [-0.05, 0) is 39.9 Å². The van der Waals surface area contributed by atoms with Crippen LogP contribution in [0.2, 0.25) is 0 Å². The van der Waals surface area contributed by atoms with Gasteiger partial charge in [-0.15, -0.1) is 0 Å². The van der Waals surface area contributed by atoms with Gasteiger partial charge in [-0.25, -0.2) is 0 Å². The summed E-state index contributed by atoms with van der Waals surface area (Å²) in [6.45, 7) is 27.3. The predicted molar refractivity (Wildman–Crippen MR) is 118 cm³/mol. The van der Waals surface area contributed by atoms with Crippen molar-refractivity contribution in [1.29, 1.82) is 0 Å². The van der Waals surface area contributed by atoms with Crippen LogP contribution in [0.5, 0.6) is 0 Å². The topological polar surface area (TPSA) is 15.8 Å². The molecule has 1 nitrogen and oxygen atoms in total. The average molecular weight is 358 g/mol. The predicted octanol–water partition coefficient (Wildman–Crippen LogP) is 7.94. The summed E-state index contributed by atoms with van der Waals surface area (Å²) in [7, 11) is 0. The van der Waals surface area contributed by atoms with E-state index in [0.717, 1.165) is 6.42 Å². The second kappa shape index (κ2) is 7.41. The molecule has 26 heavy (non-hydrogen) atoms. The number of aromatic amines is 1. The summed E-state index contributed by atoms with van der Waals surface area (Å²) in [6.07, 6.45) is 7.79. The van der Waals surface area contributed by atoms with Gasteiger partial charge in [-0.1, -0.05) is 101 Å². The minimum absolute atomic E-state index is 0.214. The molecule has 1 heteroatoms. The van der Waals surface area contributed by atoms with Crippen molar-refractivity contribution in [3.63, 3.8) is 0 Å². The Kier molecular flexibility index (Phi) is 6.50. The summed E-state index contributed by atoms with van der Waals surface area (Å²) in [6, 6.07) is 2.20. The molecule has 1 heterocycles. The third kappa shape index (κ3) is 5.89. The van der Waals surface area contributed by atoms with Gasteiger partial charge in [0.2, 0.25) is 0 Å². The lowest BCUT2D eigenvalue weighted by molar-refractivity contribution is 0.452. The van der Waals surface area contributed by atoms with Crippen LogP contribution >= 0.6 is 0 Å². The number of hydrogen-bond donors (Lipinski definition) is 1. The normalized spacial score (nSPS) is 16.0. The fourth-order valence-corrected chi connectivity index (χ4v) is 3.53. The molecule has 1 aliphatic rings. The first-order valence-corrected chi connectivity index (χ1v) is 10.0. The first-order valence-electron chi connectivity index (χ1n) is 10.0. The Balaban J connectivity index is 0.000000260. The zero-order valence-corrected chi connectivity index (χ0v) is 19.5. The van der Waals surface area contributed by atoms with Crippen LogP contribution in [0.4, 0.5) is 0 Å². The van der Waals surface area contributed by atoms with Crippen molar-refractivity contribution < 1.29 is 0 Å².